The van der Waals surface area contributed by atoms with Crippen molar-refractivity contribution in [2.75, 3.05) is 6.54 Å². The summed E-state index contributed by atoms with van der Waals surface area (Å²) in [7, 11) is 0. The molecule has 1 aromatic carbocycles. The van der Waals surface area contributed by atoms with Gasteiger partial charge in [-0.25, -0.2) is 0 Å². The summed E-state index contributed by atoms with van der Waals surface area (Å²) in [5.41, 5.74) is 0.841. The van der Waals surface area contributed by atoms with Crippen molar-refractivity contribution < 1.29 is 10.2 Å². The van der Waals surface area contributed by atoms with Crippen molar-refractivity contribution in [3.63, 3.8) is 0 Å². The lowest BCUT2D eigenvalue weighted by atomic mass is 9.92. The standard InChI is InChI=1S/C15H18N2O3/c18-12-6-4-10(9-5-7-13(19)17-14(9)12)15(20)11-3-1-2-8-16-11/h4-7,11,15-16,18,20H,1-3,8H2,(H,17,19)/t11-,15+/m0/s1. The molecule has 2 aromatic rings. The van der Waals surface area contributed by atoms with Gasteiger partial charge in [-0.1, -0.05) is 12.5 Å². The van der Waals surface area contributed by atoms with Crippen LogP contribution in [0.4, 0.5) is 0 Å². The van der Waals surface area contributed by atoms with Crippen LogP contribution in [-0.4, -0.2) is 27.8 Å². The SMILES string of the molecule is O=c1ccc2c([C@@H](O)[C@@H]3CCCCN3)ccc(O)c2[nH]1. The maximum Gasteiger partial charge on any atom is 0.248 e. The van der Waals surface area contributed by atoms with Gasteiger partial charge in [0.15, 0.2) is 0 Å². The average Bonchev–Trinajstić information content (AvgIpc) is 2.48. The fourth-order valence-corrected chi connectivity index (χ4v) is 2.88. The first-order chi connectivity index (χ1) is 9.66. The summed E-state index contributed by atoms with van der Waals surface area (Å²) in [6, 6.07) is 6.31. The van der Waals surface area contributed by atoms with Crippen LogP contribution < -0.4 is 10.9 Å². The molecule has 4 N–H and O–H groups in total. The van der Waals surface area contributed by atoms with E-state index in [1.54, 1.807) is 12.1 Å². The Bertz CT molecular complexity index is 674. The van der Waals surface area contributed by atoms with E-state index in [2.05, 4.69) is 10.3 Å². The van der Waals surface area contributed by atoms with Gasteiger partial charge in [-0.3, -0.25) is 4.79 Å². The molecule has 106 valence electrons. The fourth-order valence-electron chi connectivity index (χ4n) is 2.88. The van der Waals surface area contributed by atoms with Gasteiger partial charge in [0.2, 0.25) is 5.56 Å². The van der Waals surface area contributed by atoms with Gasteiger partial charge >= 0.3 is 0 Å². The van der Waals surface area contributed by atoms with Crippen LogP contribution in [0.15, 0.2) is 29.1 Å². The highest BCUT2D eigenvalue weighted by atomic mass is 16.3. The number of aromatic amines is 1. The number of nitrogens with one attached hydrogen (secondary N) is 2. The summed E-state index contributed by atoms with van der Waals surface area (Å²) in [6.45, 7) is 0.911. The molecule has 1 fully saturated rings. The van der Waals surface area contributed by atoms with E-state index in [9.17, 15) is 15.0 Å². The molecule has 3 rings (SSSR count). The Hall–Kier alpha value is -1.85. The Labute approximate surface area is 116 Å². The van der Waals surface area contributed by atoms with Crippen molar-refractivity contribution in [1.82, 2.24) is 10.3 Å². The maximum atomic E-state index is 11.4. The van der Waals surface area contributed by atoms with Crippen LogP contribution in [0, 0.1) is 0 Å². The van der Waals surface area contributed by atoms with Gasteiger partial charge in [-0.2, -0.15) is 0 Å². The molecule has 2 atom stereocenters. The third-order valence-corrected chi connectivity index (χ3v) is 3.96. The molecule has 20 heavy (non-hydrogen) atoms. The van der Waals surface area contributed by atoms with E-state index in [0.717, 1.165) is 31.4 Å². The number of aliphatic hydroxyl groups excluding tert-OH is 1. The number of hydrogen-bond acceptors (Lipinski definition) is 4. The lowest BCUT2D eigenvalue weighted by Crippen LogP contribution is -2.38. The predicted octanol–water partition coefficient (Wildman–Crippen LogP) is 1.41. The molecule has 1 aliphatic rings. The lowest BCUT2D eigenvalue weighted by Gasteiger charge is -2.28. The molecule has 1 aromatic heterocycles. The topological polar surface area (TPSA) is 85.3 Å². The zero-order valence-electron chi connectivity index (χ0n) is 11.1. The summed E-state index contributed by atoms with van der Waals surface area (Å²) in [5, 5.41) is 24.4. The second-order valence-electron chi connectivity index (χ2n) is 5.29. The monoisotopic (exact) mass is 274 g/mol. The minimum atomic E-state index is -0.649. The normalized spacial score (nSPS) is 20.9. The van der Waals surface area contributed by atoms with Gasteiger partial charge in [0.25, 0.3) is 0 Å². The molecule has 0 aliphatic carbocycles. The van der Waals surface area contributed by atoms with Crippen LogP contribution in [-0.2, 0) is 0 Å². The molecule has 0 saturated carbocycles. The molecule has 0 spiro atoms. The van der Waals surface area contributed by atoms with Crippen molar-refractivity contribution in [1.29, 1.82) is 0 Å². The van der Waals surface area contributed by atoms with E-state index in [-0.39, 0.29) is 17.4 Å². The Morgan fingerprint density at radius 1 is 1.20 bits per heavy atom. The van der Waals surface area contributed by atoms with E-state index in [1.807, 2.05) is 0 Å². The summed E-state index contributed by atoms with van der Waals surface area (Å²) in [5.74, 6) is 0.0188. The highest BCUT2D eigenvalue weighted by Gasteiger charge is 2.24. The van der Waals surface area contributed by atoms with Gasteiger partial charge in [0.1, 0.15) is 5.75 Å². The number of rotatable bonds is 2. The van der Waals surface area contributed by atoms with Gasteiger partial charge in [0.05, 0.1) is 11.6 Å². The van der Waals surface area contributed by atoms with Crippen LogP contribution >= 0.6 is 0 Å². The number of aromatic hydroxyl groups is 1. The van der Waals surface area contributed by atoms with E-state index >= 15 is 0 Å². The summed E-state index contributed by atoms with van der Waals surface area (Å²) in [4.78, 5) is 14.0. The fraction of sp³-hybridized carbons (Fsp3) is 0.400. The number of pyridine rings is 1. The van der Waals surface area contributed by atoms with Crippen LogP contribution in [0.3, 0.4) is 0 Å². The molecular formula is C15H18N2O3. The van der Waals surface area contributed by atoms with E-state index in [4.69, 9.17) is 0 Å². The Morgan fingerprint density at radius 3 is 2.80 bits per heavy atom. The van der Waals surface area contributed by atoms with Gasteiger partial charge < -0.3 is 20.5 Å². The van der Waals surface area contributed by atoms with E-state index in [0.29, 0.717) is 10.9 Å². The van der Waals surface area contributed by atoms with Crippen LogP contribution in [0.5, 0.6) is 5.75 Å². The van der Waals surface area contributed by atoms with E-state index < -0.39 is 6.10 Å². The van der Waals surface area contributed by atoms with Crippen LogP contribution in [0.1, 0.15) is 30.9 Å². The number of benzene rings is 1. The molecule has 0 radical (unpaired) electrons. The molecule has 0 unspecified atom stereocenters. The molecule has 1 saturated heterocycles. The second-order valence-corrected chi connectivity index (χ2v) is 5.29. The number of aliphatic hydroxyl groups is 1. The molecule has 0 bridgehead atoms. The van der Waals surface area contributed by atoms with Crippen molar-refractivity contribution in [2.24, 2.45) is 0 Å². The largest absolute Gasteiger partial charge is 0.506 e. The zero-order valence-corrected chi connectivity index (χ0v) is 11.1. The number of aromatic nitrogens is 1. The van der Waals surface area contributed by atoms with Crippen molar-refractivity contribution >= 4 is 10.9 Å². The molecular weight excluding hydrogens is 256 g/mol. The summed E-state index contributed by atoms with van der Waals surface area (Å²) < 4.78 is 0. The molecule has 1 aliphatic heterocycles. The first kappa shape index (κ1) is 13.1. The number of phenols is 1. The number of phenolic OH excluding ortho intramolecular Hbond substituents is 1. The minimum Gasteiger partial charge on any atom is -0.506 e. The first-order valence-corrected chi connectivity index (χ1v) is 6.93. The van der Waals surface area contributed by atoms with Gasteiger partial charge in [-0.15, -0.1) is 0 Å². The van der Waals surface area contributed by atoms with Crippen LogP contribution in [0.25, 0.3) is 10.9 Å². The van der Waals surface area contributed by atoms with Crippen molar-refractivity contribution in [3.8, 4) is 5.75 Å². The molecule has 0 amide bonds. The summed E-state index contributed by atoms with van der Waals surface area (Å²) >= 11 is 0. The molecule has 2 heterocycles. The predicted molar refractivity (Wildman–Crippen MR) is 76.8 cm³/mol. The Balaban J connectivity index is 2.07. The minimum absolute atomic E-state index is 0.0171. The number of hydrogen-bond donors (Lipinski definition) is 4. The summed E-state index contributed by atoms with van der Waals surface area (Å²) in [6.07, 6.45) is 2.51. The van der Waals surface area contributed by atoms with Gasteiger partial charge in [0, 0.05) is 17.5 Å². The molecule has 5 nitrogen and oxygen atoms in total. The highest BCUT2D eigenvalue weighted by molar-refractivity contribution is 5.87. The van der Waals surface area contributed by atoms with E-state index in [1.165, 1.54) is 12.1 Å². The lowest BCUT2D eigenvalue weighted by molar-refractivity contribution is 0.115. The first-order valence-electron chi connectivity index (χ1n) is 6.93. The smallest absolute Gasteiger partial charge is 0.248 e. The number of H-pyrrole nitrogens is 1. The third-order valence-electron chi connectivity index (χ3n) is 3.96. The van der Waals surface area contributed by atoms with Crippen LogP contribution in [0.2, 0.25) is 0 Å². The second kappa shape index (κ2) is 5.26. The number of fused-ring (bicyclic) bond motifs is 1. The highest BCUT2D eigenvalue weighted by Crippen LogP contribution is 2.31. The quantitative estimate of drug-likeness (QED) is 0.667. The Morgan fingerprint density at radius 2 is 2.05 bits per heavy atom. The third kappa shape index (κ3) is 2.30. The average molecular weight is 274 g/mol. The van der Waals surface area contributed by atoms with Crippen molar-refractivity contribution in [3.05, 3.63) is 40.2 Å². The van der Waals surface area contributed by atoms with Gasteiger partial charge in [-0.05, 0) is 37.1 Å². The van der Waals surface area contributed by atoms with Crippen molar-refractivity contribution in [2.45, 2.75) is 31.4 Å². The number of piperidine rings is 1. The molecule has 5 heteroatoms. The Kier molecular flexibility index (Phi) is 3.46. The maximum absolute atomic E-state index is 11.4. The zero-order chi connectivity index (χ0) is 14.1.